The maximum Gasteiger partial charge on any atom is 0.224 e. The Morgan fingerprint density at radius 2 is 2.06 bits per heavy atom. The van der Waals surface area contributed by atoms with Crippen molar-refractivity contribution in [2.24, 2.45) is 24.6 Å². The number of hydrogen-bond acceptors (Lipinski definition) is 4. The summed E-state index contributed by atoms with van der Waals surface area (Å²) in [5.41, 5.74) is 5.79. The van der Waals surface area contributed by atoms with Crippen LogP contribution in [-0.4, -0.2) is 28.4 Å². The standard InChI is InChI=1S/C11H23N5/c1-8(2)5-9(7-12)6-10-14-15-11(13-3)16(10)4/h8-9H,5-7,12H2,1-4H3,(H,13,15)/t9-/m0/s1. The third kappa shape index (κ3) is 3.20. The predicted molar refractivity (Wildman–Crippen MR) is 66.3 cm³/mol. The number of rotatable bonds is 6. The highest BCUT2D eigenvalue weighted by Gasteiger charge is 2.14. The van der Waals surface area contributed by atoms with E-state index in [0.717, 1.165) is 24.6 Å². The summed E-state index contributed by atoms with van der Waals surface area (Å²) in [6.45, 7) is 5.15. The zero-order valence-corrected chi connectivity index (χ0v) is 10.7. The Morgan fingerprint density at radius 1 is 1.38 bits per heavy atom. The molecule has 0 spiro atoms. The minimum absolute atomic E-state index is 0.493. The zero-order chi connectivity index (χ0) is 12.1. The first kappa shape index (κ1) is 13.0. The molecule has 0 radical (unpaired) electrons. The molecular formula is C11H23N5. The second kappa shape index (κ2) is 5.84. The Morgan fingerprint density at radius 3 is 2.50 bits per heavy atom. The van der Waals surface area contributed by atoms with Crippen LogP contribution in [0.1, 0.15) is 26.1 Å². The van der Waals surface area contributed by atoms with Crippen molar-refractivity contribution < 1.29 is 0 Å². The van der Waals surface area contributed by atoms with Gasteiger partial charge < -0.3 is 15.6 Å². The smallest absolute Gasteiger partial charge is 0.224 e. The van der Waals surface area contributed by atoms with Gasteiger partial charge in [0.15, 0.2) is 0 Å². The van der Waals surface area contributed by atoms with Gasteiger partial charge in [0.05, 0.1) is 0 Å². The van der Waals surface area contributed by atoms with E-state index in [0.29, 0.717) is 18.4 Å². The van der Waals surface area contributed by atoms with E-state index in [9.17, 15) is 0 Å². The van der Waals surface area contributed by atoms with E-state index in [-0.39, 0.29) is 0 Å². The van der Waals surface area contributed by atoms with Gasteiger partial charge in [-0.1, -0.05) is 13.8 Å². The maximum absolute atomic E-state index is 5.79. The monoisotopic (exact) mass is 225 g/mol. The van der Waals surface area contributed by atoms with Gasteiger partial charge in [0.2, 0.25) is 5.95 Å². The first-order valence-corrected chi connectivity index (χ1v) is 5.84. The van der Waals surface area contributed by atoms with Gasteiger partial charge in [-0.3, -0.25) is 0 Å². The van der Waals surface area contributed by atoms with Crippen LogP contribution in [0.15, 0.2) is 0 Å². The highest BCUT2D eigenvalue weighted by molar-refractivity contribution is 5.23. The van der Waals surface area contributed by atoms with Crippen molar-refractivity contribution >= 4 is 5.95 Å². The van der Waals surface area contributed by atoms with Gasteiger partial charge in [0.25, 0.3) is 0 Å². The summed E-state index contributed by atoms with van der Waals surface area (Å²) in [7, 11) is 3.83. The molecule has 0 saturated carbocycles. The second-order valence-electron chi connectivity index (χ2n) is 4.68. The van der Waals surface area contributed by atoms with Gasteiger partial charge in [-0.05, 0) is 24.8 Å². The molecule has 1 atom stereocenters. The van der Waals surface area contributed by atoms with Crippen LogP contribution in [0.5, 0.6) is 0 Å². The van der Waals surface area contributed by atoms with Gasteiger partial charge in [-0.2, -0.15) is 0 Å². The number of anilines is 1. The minimum Gasteiger partial charge on any atom is -0.357 e. The first-order chi connectivity index (χ1) is 7.58. The molecule has 0 aromatic carbocycles. The highest BCUT2D eigenvalue weighted by Crippen LogP contribution is 2.16. The van der Waals surface area contributed by atoms with Crippen molar-refractivity contribution in [2.75, 3.05) is 18.9 Å². The molecule has 16 heavy (non-hydrogen) atoms. The molecular weight excluding hydrogens is 202 g/mol. The van der Waals surface area contributed by atoms with Crippen LogP contribution in [0.25, 0.3) is 0 Å². The Kier molecular flexibility index (Phi) is 4.73. The van der Waals surface area contributed by atoms with E-state index in [1.807, 2.05) is 18.7 Å². The molecule has 1 rings (SSSR count). The van der Waals surface area contributed by atoms with E-state index < -0.39 is 0 Å². The molecule has 5 heteroatoms. The third-order valence-corrected chi connectivity index (χ3v) is 2.80. The van der Waals surface area contributed by atoms with E-state index >= 15 is 0 Å². The van der Waals surface area contributed by atoms with Crippen molar-refractivity contribution in [2.45, 2.75) is 26.7 Å². The number of nitrogens with two attached hydrogens (primary N) is 1. The van der Waals surface area contributed by atoms with Crippen LogP contribution >= 0.6 is 0 Å². The summed E-state index contributed by atoms with van der Waals surface area (Å²) in [6.07, 6.45) is 2.04. The Labute approximate surface area is 97.4 Å². The average Bonchev–Trinajstić information content (AvgIpc) is 2.58. The van der Waals surface area contributed by atoms with Crippen LogP contribution in [0.2, 0.25) is 0 Å². The summed E-state index contributed by atoms with van der Waals surface area (Å²) in [5, 5.41) is 11.2. The van der Waals surface area contributed by atoms with Gasteiger partial charge in [0.1, 0.15) is 5.82 Å². The molecule has 0 fully saturated rings. The van der Waals surface area contributed by atoms with Gasteiger partial charge >= 0.3 is 0 Å². The maximum atomic E-state index is 5.79. The SMILES string of the molecule is CNc1nnc(C[C@@H](CN)CC(C)C)n1C. The van der Waals surface area contributed by atoms with E-state index in [1.165, 1.54) is 0 Å². The lowest BCUT2D eigenvalue weighted by Crippen LogP contribution is -2.20. The van der Waals surface area contributed by atoms with E-state index in [1.54, 1.807) is 0 Å². The Hall–Kier alpha value is -1.10. The lowest BCUT2D eigenvalue weighted by Gasteiger charge is -2.16. The fourth-order valence-corrected chi connectivity index (χ4v) is 1.94. The van der Waals surface area contributed by atoms with Crippen molar-refractivity contribution in [3.63, 3.8) is 0 Å². The topological polar surface area (TPSA) is 68.8 Å². The summed E-state index contributed by atoms with van der Waals surface area (Å²) < 4.78 is 1.99. The lowest BCUT2D eigenvalue weighted by molar-refractivity contribution is 0.405. The van der Waals surface area contributed by atoms with Crippen LogP contribution in [0.4, 0.5) is 5.95 Å². The molecule has 0 bridgehead atoms. The van der Waals surface area contributed by atoms with Crippen LogP contribution in [0, 0.1) is 11.8 Å². The number of nitrogens with one attached hydrogen (secondary N) is 1. The van der Waals surface area contributed by atoms with E-state index in [4.69, 9.17) is 5.73 Å². The van der Waals surface area contributed by atoms with Crippen molar-refractivity contribution in [1.82, 2.24) is 14.8 Å². The molecule has 0 amide bonds. The first-order valence-electron chi connectivity index (χ1n) is 5.84. The summed E-state index contributed by atoms with van der Waals surface area (Å²) in [5.74, 6) is 2.97. The lowest BCUT2D eigenvalue weighted by atomic mass is 9.94. The Bertz CT molecular complexity index is 318. The van der Waals surface area contributed by atoms with Crippen molar-refractivity contribution in [3.8, 4) is 0 Å². The molecule has 0 aliphatic rings. The molecule has 1 heterocycles. The van der Waals surface area contributed by atoms with Crippen LogP contribution in [0.3, 0.4) is 0 Å². The minimum atomic E-state index is 0.493. The fraction of sp³-hybridized carbons (Fsp3) is 0.818. The highest BCUT2D eigenvalue weighted by atomic mass is 15.3. The quantitative estimate of drug-likeness (QED) is 0.758. The molecule has 3 N–H and O–H groups in total. The number of hydrogen-bond donors (Lipinski definition) is 2. The molecule has 1 aromatic heterocycles. The van der Waals surface area contributed by atoms with Crippen LogP contribution in [-0.2, 0) is 13.5 Å². The predicted octanol–water partition coefficient (Wildman–Crippen LogP) is 1.02. The Balaban J connectivity index is 2.66. The largest absolute Gasteiger partial charge is 0.357 e. The van der Waals surface area contributed by atoms with Crippen molar-refractivity contribution in [3.05, 3.63) is 5.82 Å². The second-order valence-corrected chi connectivity index (χ2v) is 4.68. The summed E-state index contributed by atoms with van der Waals surface area (Å²) in [4.78, 5) is 0. The number of nitrogens with zero attached hydrogens (tertiary/aromatic N) is 3. The van der Waals surface area contributed by atoms with E-state index in [2.05, 4.69) is 29.4 Å². The summed E-state index contributed by atoms with van der Waals surface area (Å²) >= 11 is 0. The molecule has 1 aromatic rings. The summed E-state index contributed by atoms with van der Waals surface area (Å²) in [6, 6.07) is 0. The van der Waals surface area contributed by atoms with Crippen LogP contribution < -0.4 is 11.1 Å². The third-order valence-electron chi connectivity index (χ3n) is 2.80. The average molecular weight is 225 g/mol. The van der Waals surface area contributed by atoms with Gasteiger partial charge in [-0.15, -0.1) is 10.2 Å². The molecule has 0 saturated heterocycles. The molecule has 92 valence electrons. The van der Waals surface area contributed by atoms with Crippen molar-refractivity contribution in [1.29, 1.82) is 0 Å². The number of aromatic nitrogens is 3. The zero-order valence-electron chi connectivity index (χ0n) is 10.7. The normalized spacial score (nSPS) is 13.1. The molecule has 0 aliphatic carbocycles. The molecule has 0 aliphatic heterocycles. The van der Waals surface area contributed by atoms with Gasteiger partial charge in [0, 0.05) is 20.5 Å². The van der Waals surface area contributed by atoms with Gasteiger partial charge in [-0.25, -0.2) is 0 Å². The fourth-order valence-electron chi connectivity index (χ4n) is 1.94. The molecule has 0 unspecified atom stereocenters. The molecule has 5 nitrogen and oxygen atoms in total.